The second-order valence-corrected chi connectivity index (χ2v) is 4.56. The zero-order valence-corrected chi connectivity index (χ0v) is 9.39. The summed E-state index contributed by atoms with van der Waals surface area (Å²) in [5.41, 5.74) is 8.56. The van der Waals surface area contributed by atoms with E-state index in [1.165, 1.54) is 14.7 Å². The molecule has 2 N–H and O–H groups in total. The summed E-state index contributed by atoms with van der Waals surface area (Å²) < 4.78 is 1.18. The van der Waals surface area contributed by atoms with Crippen molar-refractivity contribution in [3.8, 4) is 0 Å². The van der Waals surface area contributed by atoms with Gasteiger partial charge in [0.2, 0.25) is 0 Å². The number of hydrogen-bond acceptors (Lipinski definition) is 1. The molecule has 0 bridgehead atoms. The summed E-state index contributed by atoms with van der Waals surface area (Å²) in [6, 6.07) is 4.22. The summed E-state index contributed by atoms with van der Waals surface area (Å²) in [5.74, 6) is 0. The van der Waals surface area contributed by atoms with Gasteiger partial charge in [0.05, 0.1) is 5.02 Å². The molecular formula is C9H9ClIN. The lowest BCUT2D eigenvalue weighted by Crippen LogP contribution is -2.05. The molecule has 0 amide bonds. The lowest BCUT2D eigenvalue weighted by atomic mass is 10.1. The maximum absolute atomic E-state index is 5.99. The number of benzene rings is 1. The van der Waals surface area contributed by atoms with Crippen molar-refractivity contribution in [3.05, 3.63) is 31.9 Å². The van der Waals surface area contributed by atoms with Crippen LogP contribution in [-0.4, -0.2) is 0 Å². The van der Waals surface area contributed by atoms with E-state index in [9.17, 15) is 0 Å². The summed E-state index contributed by atoms with van der Waals surface area (Å²) in [6.07, 6.45) is 2.14. The number of rotatable bonds is 0. The van der Waals surface area contributed by atoms with Gasteiger partial charge in [-0.2, -0.15) is 0 Å². The van der Waals surface area contributed by atoms with Crippen molar-refractivity contribution in [3.63, 3.8) is 0 Å². The van der Waals surface area contributed by atoms with E-state index in [-0.39, 0.29) is 6.04 Å². The van der Waals surface area contributed by atoms with E-state index in [1.54, 1.807) is 0 Å². The van der Waals surface area contributed by atoms with E-state index < -0.39 is 0 Å². The Hall–Kier alpha value is 0.200. The van der Waals surface area contributed by atoms with Crippen molar-refractivity contribution in [1.29, 1.82) is 0 Å². The van der Waals surface area contributed by atoms with Crippen LogP contribution in [0, 0.1) is 3.57 Å². The molecule has 1 atom stereocenters. The van der Waals surface area contributed by atoms with Gasteiger partial charge in [0, 0.05) is 9.61 Å². The van der Waals surface area contributed by atoms with Crippen molar-refractivity contribution in [2.24, 2.45) is 5.73 Å². The Labute approximate surface area is 90.4 Å². The second kappa shape index (κ2) is 3.16. The van der Waals surface area contributed by atoms with Crippen LogP contribution < -0.4 is 5.73 Å². The number of hydrogen-bond donors (Lipinski definition) is 1. The van der Waals surface area contributed by atoms with Gasteiger partial charge in [0.1, 0.15) is 0 Å². The standard InChI is InChI=1S/C9H9ClIN/c10-7-3-1-5-6(9(7)11)2-4-8(5)12/h1,3,8H,2,4,12H2/t8-/m1/s1. The predicted molar refractivity (Wildman–Crippen MR) is 59.4 cm³/mol. The highest BCUT2D eigenvalue weighted by atomic mass is 127. The van der Waals surface area contributed by atoms with Crippen LogP contribution in [0.1, 0.15) is 23.6 Å². The second-order valence-electron chi connectivity index (χ2n) is 3.07. The minimum Gasteiger partial charge on any atom is -0.324 e. The van der Waals surface area contributed by atoms with Crippen LogP contribution in [0.2, 0.25) is 5.02 Å². The molecule has 3 heteroatoms. The first-order valence-electron chi connectivity index (χ1n) is 3.92. The minimum absolute atomic E-state index is 0.228. The summed E-state index contributed by atoms with van der Waals surface area (Å²) in [5, 5.41) is 0.850. The fourth-order valence-corrected chi connectivity index (χ4v) is 2.60. The highest BCUT2D eigenvalue weighted by molar-refractivity contribution is 14.1. The Morgan fingerprint density at radius 3 is 3.00 bits per heavy atom. The van der Waals surface area contributed by atoms with Crippen molar-refractivity contribution in [1.82, 2.24) is 0 Å². The average Bonchev–Trinajstić information content (AvgIpc) is 2.41. The van der Waals surface area contributed by atoms with Gasteiger partial charge in [-0.1, -0.05) is 17.7 Å². The molecule has 0 saturated carbocycles. The Morgan fingerprint density at radius 2 is 2.25 bits per heavy atom. The van der Waals surface area contributed by atoms with Crippen LogP contribution in [0.15, 0.2) is 12.1 Å². The molecule has 64 valence electrons. The van der Waals surface area contributed by atoms with Gasteiger partial charge in [-0.3, -0.25) is 0 Å². The third-order valence-electron chi connectivity index (χ3n) is 2.34. The molecule has 0 aromatic heterocycles. The third-order valence-corrected chi connectivity index (χ3v) is 4.20. The van der Waals surface area contributed by atoms with E-state index in [0.717, 1.165) is 17.9 Å². The molecule has 1 nitrogen and oxygen atoms in total. The SMILES string of the molecule is N[C@@H]1CCc2c1ccc(Cl)c2I. The van der Waals surface area contributed by atoms with Crippen LogP contribution in [0.4, 0.5) is 0 Å². The Bertz CT molecular complexity index is 325. The van der Waals surface area contributed by atoms with Gasteiger partial charge < -0.3 is 5.73 Å². The number of nitrogens with two attached hydrogens (primary N) is 1. The van der Waals surface area contributed by atoms with E-state index in [4.69, 9.17) is 17.3 Å². The molecule has 0 spiro atoms. The zero-order chi connectivity index (χ0) is 8.72. The van der Waals surface area contributed by atoms with Crippen molar-refractivity contribution >= 4 is 34.2 Å². The van der Waals surface area contributed by atoms with Crippen LogP contribution in [0.25, 0.3) is 0 Å². The molecule has 0 aliphatic heterocycles. The van der Waals surface area contributed by atoms with E-state index in [1.807, 2.05) is 6.07 Å². The molecule has 2 rings (SSSR count). The fraction of sp³-hybridized carbons (Fsp3) is 0.333. The van der Waals surface area contributed by atoms with Gasteiger partial charge in [-0.15, -0.1) is 0 Å². The van der Waals surface area contributed by atoms with Crippen molar-refractivity contribution < 1.29 is 0 Å². The summed E-state index contributed by atoms with van der Waals surface area (Å²) >= 11 is 8.28. The minimum atomic E-state index is 0.228. The van der Waals surface area contributed by atoms with Crippen molar-refractivity contribution in [2.75, 3.05) is 0 Å². The maximum atomic E-state index is 5.99. The summed E-state index contributed by atoms with van der Waals surface area (Å²) in [7, 11) is 0. The molecule has 0 radical (unpaired) electrons. The summed E-state index contributed by atoms with van der Waals surface area (Å²) in [4.78, 5) is 0. The van der Waals surface area contributed by atoms with Crippen LogP contribution in [-0.2, 0) is 6.42 Å². The summed E-state index contributed by atoms with van der Waals surface area (Å²) in [6.45, 7) is 0. The smallest absolute Gasteiger partial charge is 0.0542 e. The van der Waals surface area contributed by atoms with Gasteiger partial charge in [0.15, 0.2) is 0 Å². The molecule has 1 aromatic carbocycles. The molecule has 0 saturated heterocycles. The van der Waals surface area contributed by atoms with E-state index in [2.05, 4.69) is 28.7 Å². The van der Waals surface area contributed by atoms with Gasteiger partial charge in [-0.25, -0.2) is 0 Å². The first-order valence-corrected chi connectivity index (χ1v) is 5.38. The topological polar surface area (TPSA) is 26.0 Å². The molecule has 1 aromatic rings. The third kappa shape index (κ3) is 1.26. The van der Waals surface area contributed by atoms with Crippen LogP contribution in [0.5, 0.6) is 0 Å². The highest BCUT2D eigenvalue weighted by Gasteiger charge is 2.21. The zero-order valence-electron chi connectivity index (χ0n) is 6.48. The number of halogens is 2. The lowest BCUT2D eigenvalue weighted by molar-refractivity contribution is 0.713. The largest absolute Gasteiger partial charge is 0.324 e. The molecule has 12 heavy (non-hydrogen) atoms. The monoisotopic (exact) mass is 293 g/mol. The Kier molecular flexibility index (Phi) is 2.31. The van der Waals surface area contributed by atoms with Gasteiger partial charge >= 0.3 is 0 Å². The Balaban J connectivity index is 2.60. The van der Waals surface area contributed by atoms with Crippen LogP contribution in [0.3, 0.4) is 0 Å². The maximum Gasteiger partial charge on any atom is 0.0542 e. The predicted octanol–water partition coefficient (Wildman–Crippen LogP) is 2.89. The molecule has 1 aliphatic carbocycles. The first-order chi connectivity index (χ1) is 5.70. The molecule has 0 heterocycles. The molecule has 1 aliphatic rings. The average molecular weight is 294 g/mol. The molecule has 0 fully saturated rings. The number of fused-ring (bicyclic) bond motifs is 1. The first kappa shape index (κ1) is 8.78. The van der Waals surface area contributed by atoms with Crippen LogP contribution >= 0.6 is 34.2 Å². The van der Waals surface area contributed by atoms with Gasteiger partial charge in [-0.05, 0) is 52.6 Å². The van der Waals surface area contributed by atoms with E-state index >= 15 is 0 Å². The van der Waals surface area contributed by atoms with E-state index in [0.29, 0.717) is 0 Å². The quantitative estimate of drug-likeness (QED) is 0.731. The lowest BCUT2D eigenvalue weighted by Gasteiger charge is -2.06. The highest BCUT2D eigenvalue weighted by Crippen LogP contribution is 2.35. The normalized spacial score (nSPS) is 21.1. The fourth-order valence-electron chi connectivity index (χ4n) is 1.66. The molecular weight excluding hydrogens is 284 g/mol. The Morgan fingerprint density at radius 1 is 1.50 bits per heavy atom. The van der Waals surface area contributed by atoms with Crippen molar-refractivity contribution in [2.45, 2.75) is 18.9 Å². The van der Waals surface area contributed by atoms with Gasteiger partial charge in [0.25, 0.3) is 0 Å². The molecule has 0 unspecified atom stereocenters.